The highest BCUT2D eigenvalue weighted by atomic mass is 16.4. The topological polar surface area (TPSA) is 91.3 Å². The second kappa shape index (κ2) is 7.26. The molecule has 6 heteroatoms. The van der Waals surface area contributed by atoms with E-state index in [4.69, 9.17) is 5.11 Å². The third kappa shape index (κ3) is 5.83. The lowest BCUT2D eigenvalue weighted by Crippen LogP contribution is -2.35. The Balaban J connectivity index is 2.17. The predicted octanol–water partition coefficient (Wildman–Crippen LogP) is 1.05. The van der Waals surface area contributed by atoms with Gasteiger partial charge >= 0.3 is 12.0 Å². The first kappa shape index (κ1) is 14.0. The number of rotatable bonds is 6. The van der Waals surface area contributed by atoms with Crippen LogP contribution in [0.2, 0.25) is 0 Å². The van der Waals surface area contributed by atoms with E-state index in [1.807, 2.05) is 19.1 Å². The van der Waals surface area contributed by atoms with Crippen LogP contribution in [-0.4, -0.2) is 28.6 Å². The molecule has 0 saturated carbocycles. The molecule has 0 spiro atoms. The van der Waals surface area contributed by atoms with Gasteiger partial charge in [0.15, 0.2) is 0 Å². The van der Waals surface area contributed by atoms with Crippen LogP contribution in [0, 0.1) is 6.92 Å². The van der Waals surface area contributed by atoms with Gasteiger partial charge < -0.3 is 15.7 Å². The van der Waals surface area contributed by atoms with Crippen molar-refractivity contribution in [2.45, 2.75) is 26.3 Å². The van der Waals surface area contributed by atoms with Crippen molar-refractivity contribution in [2.75, 3.05) is 6.54 Å². The molecule has 0 aliphatic carbocycles. The highest BCUT2D eigenvalue weighted by molar-refractivity contribution is 5.73. The number of hydrogen-bond donors (Lipinski definition) is 3. The van der Waals surface area contributed by atoms with Crippen molar-refractivity contribution >= 4 is 12.0 Å². The summed E-state index contributed by atoms with van der Waals surface area (Å²) in [4.78, 5) is 25.7. The van der Waals surface area contributed by atoms with Crippen LogP contribution in [-0.2, 0) is 11.3 Å². The minimum Gasteiger partial charge on any atom is -0.481 e. The fraction of sp³-hybridized carbons (Fsp3) is 0.417. The van der Waals surface area contributed by atoms with Gasteiger partial charge in [-0.3, -0.25) is 9.78 Å². The zero-order chi connectivity index (χ0) is 13.4. The van der Waals surface area contributed by atoms with Crippen LogP contribution in [0.5, 0.6) is 0 Å². The number of amides is 2. The summed E-state index contributed by atoms with van der Waals surface area (Å²) >= 11 is 0. The molecule has 0 aliphatic heterocycles. The average molecular weight is 251 g/mol. The zero-order valence-corrected chi connectivity index (χ0v) is 10.3. The first-order chi connectivity index (χ1) is 8.58. The molecule has 1 aromatic rings. The van der Waals surface area contributed by atoms with Crippen molar-refractivity contribution in [3.8, 4) is 0 Å². The van der Waals surface area contributed by atoms with Crippen LogP contribution in [0.25, 0.3) is 0 Å². The largest absolute Gasteiger partial charge is 0.481 e. The summed E-state index contributed by atoms with van der Waals surface area (Å²) in [5, 5.41) is 13.7. The fourth-order valence-corrected chi connectivity index (χ4v) is 1.29. The van der Waals surface area contributed by atoms with Gasteiger partial charge in [0.2, 0.25) is 0 Å². The first-order valence-corrected chi connectivity index (χ1v) is 5.73. The summed E-state index contributed by atoms with van der Waals surface area (Å²) in [6, 6.07) is 3.47. The molecule has 0 atom stereocenters. The molecule has 0 aliphatic rings. The summed E-state index contributed by atoms with van der Waals surface area (Å²) in [6.07, 6.45) is 2.19. The predicted molar refractivity (Wildman–Crippen MR) is 66.1 cm³/mol. The number of aromatic nitrogens is 1. The summed E-state index contributed by atoms with van der Waals surface area (Å²) in [5.74, 6) is -0.858. The number of carbonyl (C=O) groups is 2. The van der Waals surface area contributed by atoms with Crippen molar-refractivity contribution in [3.05, 3.63) is 29.6 Å². The molecule has 0 bridgehead atoms. The zero-order valence-electron chi connectivity index (χ0n) is 10.3. The molecule has 6 nitrogen and oxygen atoms in total. The van der Waals surface area contributed by atoms with Crippen LogP contribution in [0.4, 0.5) is 4.79 Å². The Labute approximate surface area is 105 Å². The van der Waals surface area contributed by atoms with Gasteiger partial charge in [-0.25, -0.2) is 4.79 Å². The maximum absolute atomic E-state index is 11.3. The Morgan fingerprint density at radius 2 is 2.11 bits per heavy atom. The molecule has 3 N–H and O–H groups in total. The summed E-state index contributed by atoms with van der Waals surface area (Å²) in [7, 11) is 0. The molecule has 0 radical (unpaired) electrons. The van der Waals surface area contributed by atoms with Crippen molar-refractivity contribution in [1.82, 2.24) is 15.6 Å². The van der Waals surface area contributed by atoms with E-state index in [1.165, 1.54) is 0 Å². The lowest BCUT2D eigenvalue weighted by molar-refractivity contribution is -0.137. The maximum atomic E-state index is 11.3. The number of carboxylic acids is 1. The van der Waals surface area contributed by atoms with E-state index >= 15 is 0 Å². The molecule has 0 unspecified atom stereocenters. The number of aryl methyl sites for hydroxylation is 1. The molecule has 0 aromatic carbocycles. The molecule has 1 rings (SSSR count). The van der Waals surface area contributed by atoms with Gasteiger partial charge in [0.05, 0.1) is 0 Å². The number of hydrogen-bond acceptors (Lipinski definition) is 3. The number of aliphatic carboxylic acids is 1. The number of urea groups is 1. The number of carboxylic acid groups (broad SMARTS) is 1. The molecule has 1 heterocycles. The van der Waals surface area contributed by atoms with Crippen molar-refractivity contribution in [3.63, 3.8) is 0 Å². The lowest BCUT2D eigenvalue weighted by atomic mass is 10.2. The molecule has 18 heavy (non-hydrogen) atoms. The van der Waals surface area contributed by atoms with Crippen molar-refractivity contribution in [2.24, 2.45) is 0 Å². The standard InChI is InChI=1S/C12H17N3O3/c1-9-4-5-10(7-14-9)8-15-12(18)13-6-2-3-11(16)17/h4-5,7H,2-3,6,8H2,1H3,(H,16,17)(H2,13,15,18). The van der Waals surface area contributed by atoms with E-state index in [0.717, 1.165) is 11.3 Å². The van der Waals surface area contributed by atoms with Crippen LogP contribution in [0.1, 0.15) is 24.1 Å². The summed E-state index contributed by atoms with van der Waals surface area (Å²) in [5.41, 5.74) is 1.85. The first-order valence-electron chi connectivity index (χ1n) is 5.73. The molecule has 1 aromatic heterocycles. The average Bonchev–Trinajstić information content (AvgIpc) is 2.34. The number of pyridine rings is 1. The summed E-state index contributed by atoms with van der Waals surface area (Å²) in [6.45, 7) is 2.65. The van der Waals surface area contributed by atoms with Crippen molar-refractivity contribution < 1.29 is 14.7 Å². The minimum absolute atomic E-state index is 0.0577. The molecular weight excluding hydrogens is 234 g/mol. The van der Waals surface area contributed by atoms with E-state index in [2.05, 4.69) is 15.6 Å². The Hall–Kier alpha value is -2.11. The lowest BCUT2D eigenvalue weighted by Gasteiger charge is -2.07. The van der Waals surface area contributed by atoms with Crippen LogP contribution in [0.15, 0.2) is 18.3 Å². The maximum Gasteiger partial charge on any atom is 0.315 e. The third-order valence-corrected chi connectivity index (χ3v) is 2.28. The number of nitrogens with zero attached hydrogens (tertiary/aromatic N) is 1. The smallest absolute Gasteiger partial charge is 0.315 e. The SMILES string of the molecule is Cc1ccc(CNC(=O)NCCCC(=O)O)cn1. The van der Waals surface area contributed by atoms with Gasteiger partial charge in [0, 0.05) is 31.4 Å². The van der Waals surface area contributed by atoms with E-state index in [1.54, 1.807) is 6.20 Å². The Morgan fingerprint density at radius 3 is 2.72 bits per heavy atom. The van der Waals surface area contributed by atoms with Gasteiger partial charge in [0.25, 0.3) is 0 Å². The Kier molecular flexibility index (Phi) is 5.63. The molecule has 2 amide bonds. The Morgan fingerprint density at radius 1 is 1.33 bits per heavy atom. The van der Waals surface area contributed by atoms with Crippen molar-refractivity contribution in [1.29, 1.82) is 0 Å². The fourth-order valence-electron chi connectivity index (χ4n) is 1.29. The molecule has 98 valence electrons. The minimum atomic E-state index is -0.858. The third-order valence-electron chi connectivity index (χ3n) is 2.28. The van der Waals surface area contributed by atoms with E-state index in [9.17, 15) is 9.59 Å². The van der Waals surface area contributed by atoms with Gasteiger partial charge in [-0.2, -0.15) is 0 Å². The number of carbonyl (C=O) groups excluding carboxylic acids is 1. The van der Waals surface area contributed by atoms with Gasteiger partial charge in [-0.05, 0) is 25.0 Å². The summed E-state index contributed by atoms with van der Waals surface area (Å²) < 4.78 is 0. The normalized spacial score (nSPS) is 9.83. The molecule has 0 saturated heterocycles. The molecule has 0 fully saturated rings. The monoisotopic (exact) mass is 251 g/mol. The van der Waals surface area contributed by atoms with Crippen LogP contribution in [0.3, 0.4) is 0 Å². The quantitative estimate of drug-likeness (QED) is 0.659. The number of nitrogens with one attached hydrogen (secondary N) is 2. The van der Waals surface area contributed by atoms with E-state index in [-0.39, 0.29) is 12.5 Å². The van der Waals surface area contributed by atoms with Gasteiger partial charge in [-0.1, -0.05) is 6.07 Å². The molecular formula is C12H17N3O3. The van der Waals surface area contributed by atoms with Gasteiger partial charge in [0.1, 0.15) is 0 Å². The second-order valence-electron chi connectivity index (χ2n) is 3.91. The van der Waals surface area contributed by atoms with Gasteiger partial charge in [-0.15, -0.1) is 0 Å². The van der Waals surface area contributed by atoms with E-state index in [0.29, 0.717) is 19.5 Å². The highest BCUT2D eigenvalue weighted by Gasteiger charge is 2.01. The highest BCUT2D eigenvalue weighted by Crippen LogP contribution is 1.98. The van der Waals surface area contributed by atoms with Crippen LogP contribution < -0.4 is 10.6 Å². The van der Waals surface area contributed by atoms with E-state index < -0.39 is 5.97 Å². The Bertz CT molecular complexity index is 404. The van der Waals surface area contributed by atoms with Crippen LogP contribution >= 0.6 is 0 Å². The second-order valence-corrected chi connectivity index (χ2v) is 3.91.